The Balaban J connectivity index is 2.14. The number of amides is 1. The summed E-state index contributed by atoms with van der Waals surface area (Å²) in [6.45, 7) is 7.25. The summed E-state index contributed by atoms with van der Waals surface area (Å²) in [5.74, 6) is 0.838. The van der Waals surface area contributed by atoms with Crippen LogP contribution < -0.4 is 5.32 Å². The van der Waals surface area contributed by atoms with Crippen molar-refractivity contribution in [3.8, 4) is 0 Å². The molecule has 0 bridgehead atoms. The van der Waals surface area contributed by atoms with Gasteiger partial charge in [0.1, 0.15) is 5.82 Å². The van der Waals surface area contributed by atoms with E-state index in [-0.39, 0.29) is 5.91 Å². The molecule has 1 aromatic carbocycles. The average Bonchev–Trinajstić information content (AvgIpc) is 2.82. The van der Waals surface area contributed by atoms with Gasteiger partial charge in [0.05, 0.1) is 17.6 Å². The van der Waals surface area contributed by atoms with Gasteiger partial charge in [-0.25, -0.2) is 4.98 Å². The summed E-state index contributed by atoms with van der Waals surface area (Å²) in [5.41, 5.74) is 2.58. The second-order valence-electron chi connectivity index (χ2n) is 4.95. The number of hydrogen-bond acceptors (Lipinski definition) is 3. The maximum absolute atomic E-state index is 11.5. The van der Waals surface area contributed by atoms with E-state index >= 15 is 0 Å². The molecule has 0 aliphatic carbocycles. The molecule has 0 saturated carbocycles. The second-order valence-corrected chi connectivity index (χ2v) is 4.95. The van der Waals surface area contributed by atoms with Crippen molar-refractivity contribution in [1.82, 2.24) is 14.9 Å². The standard InChI is InChI=1S/C16H21N3O2/c1-12(2)16(20)17-9-8-15-18-13-6-4-5-7-14(13)19(15)10-11-21-3/h4-7H,1,8-11H2,2-3H3,(H,17,20). The van der Waals surface area contributed by atoms with E-state index in [1.54, 1.807) is 14.0 Å². The van der Waals surface area contributed by atoms with Crippen molar-refractivity contribution in [1.29, 1.82) is 0 Å². The second kappa shape index (κ2) is 7.04. The highest BCUT2D eigenvalue weighted by molar-refractivity contribution is 5.92. The van der Waals surface area contributed by atoms with Crippen molar-refractivity contribution in [3.63, 3.8) is 0 Å². The zero-order chi connectivity index (χ0) is 15.2. The monoisotopic (exact) mass is 287 g/mol. The fraction of sp³-hybridized carbons (Fsp3) is 0.375. The first-order chi connectivity index (χ1) is 10.1. The average molecular weight is 287 g/mol. The minimum atomic E-state index is -0.116. The van der Waals surface area contributed by atoms with Crippen LogP contribution in [0.15, 0.2) is 36.4 Å². The van der Waals surface area contributed by atoms with E-state index in [4.69, 9.17) is 4.74 Å². The van der Waals surface area contributed by atoms with Gasteiger partial charge in [-0.15, -0.1) is 0 Å². The van der Waals surface area contributed by atoms with Crippen molar-refractivity contribution in [2.75, 3.05) is 20.3 Å². The van der Waals surface area contributed by atoms with E-state index in [9.17, 15) is 4.79 Å². The number of aromatic nitrogens is 2. The minimum Gasteiger partial charge on any atom is -0.383 e. The molecular formula is C16H21N3O2. The van der Waals surface area contributed by atoms with Crippen molar-refractivity contribution < 1.29 is 9.53 Å². The number of para-hydroxylation sites is 2. The zero-order valence-corrected chi connectivity index (χ0v) is 12.6. The molecule has 0 spiro atoms. The molecule has 0 aliphatic heterocycles. The smallest absolute Gasteiger partial charge is 0.246 e. The van der Waals surface area contributed by atoms with Gasteiger partial charge < -0.3 is 14.6 Å². The van der Waals surface area contributed by atoms with E-state index in [0.717, 1.165) is 23.4 Å². The molecule has 0 aliphatic rings. The summed E-state index contributed by atoms with van der Waals surface area (Å²) < 4.78 is 7.31. The molecule has 1 aromatic heterocycles. The summed E-state index contributed by atoms with van der Waals surface area (Å²) >= 11 is 0. The molecule has 0 unspecified atom stereocenters. The van der Waals surface area contributed by atoms with Crippen LogP contribution >= 0.6 is 0 Å². The highest BCUT2D eigenvalue weighted by Crippen LogP contribution is 2.16. The molecule has 112 valence electrons. The van der Waals surface area contributed by atoms with E-state index in [2.05, 4.69) is 21.4 Å². The molecule has 21 heavy (non-hydrogen) atoms. The highest BCUT2D eigenvalue weighted by Gasteiger charge is 2.10. The van der Waals surface area contributed by atoms with Crippen LogP contribution in [-0.4, -0.2) is 35.7 Å². The molecule has 0 radical (unpaired) electrons. The predicted molar refractivity (Wildman–Crippen MR) is 83.1 cm³/mol. The predicted octanol–water partition coefficient (Wildman–Crippen LogP) is 1.92. The van der Waals surface area contributed by atoms with Crippen LogP contribution in [0.5, 0.6) is 0 Å². The molecule has 0 atom stereocenters. The molecule has 5 heteroatoms. The number of fused-ring (bicyclic) bond motifs is 1. The third-order valence-electron chi connectivity index (χ3n) is 3.27. The molecule has 1 heterocycles. The lowest BCUT2D eigenvalue weighted by Crippen LogP contribution is -2.26. The summed E-state index contributed by atoms with van der Waals surface area (Å²) in [4.78, 5) is 16.1. The number of rotatable bonds is 7. The number of carbonyl (C=O) groups excluding carboxylic acids is 1. The Morgan fingerprint density at radius 2 is 2.19 bits per heavy atom. The Hall–Kier alpha value is -2.14. The van der Waals surface area contributed by atoms with Crippen LogP contribution in [0.1, 0.15) is 12.7 Å². The first-order valence-corrected chi connectivity index (χ1v) is 7.00. The van der Waals surface area contributed by atoms with Crippen LogP contribution in [0.4, 0.5) is 0 Å². The van der Waals surface area contributed by atoms with Gasteiger partial charge in [-0.05, 0) is 19.1 Å². The molecule has 1 N–H and O–H groups in total. The maximum Gasteiger partial charge on any atom is 0.246 e. The van der Waals surface area contributed by atoms with Crippen LogP contribution in [0, 0.1) is 0 Å². The Bertz CT molecular complexity index is 646. The van der Waals surface area contributed by atoms with Gasteiger partial charge in [0, 0.05) is 32.2 Å². The molecule has 1 amide bonds. The fourth-order valence-electron chi connectivity index (χ4n) is 2.19. The summed E-state index contributed by atoms with van der Waals surface area (Å²) in [6.07, 6.45) is 0.678. The first kappa shape index (κ1) is 15.3. The van der Waals surface area contributed by atoms with Gasteiger partial charge in [0.15, 0.2) is 0 Å². The third kappa shape index (κ3) is 3.70. The number of imidazole rings is 1. The SMILES string of the molecule is C=C(C)C(=O)NCCc1nc2ccccc2n1CCOC. The van der Waals surface area contributed by atoms with Gasteiger partial charge in [0.25, 0.3) is 0 Å². The fourth-order valence-corrected chi connectivity index (χ4v) is 2.19. The quantitative estimate of drug-likeness (QED) is 0.792. The Labute approximate surface area is 124 Å². The molecule has 2 aromatic rings. The number of nitrogens with one attached hydrogen (secondary N) is 1. The van der Waals surface area contributed by atoms with Gasteiger partial charge in [0.2, 0.25) is 5.91 Å². The number of hydrogen-bond donors (Lipinski definition) is 1. The maximum atomic E-state index is 11.5. The van der Waals surface area contributed by atoms with Gasteiger partial charge in [-0.2, -0.15) is 0 Å². The van der Waals surface area contributed by atoms with E-state index in [1.807, 2.05) is 24.3 Å². The molecule has 0 fully saturated rings. The van der Waals surface area contributed by atoms with Crippen LogP contribution in [0.3, 0.4) is 0 Å². The van der Waals surface area contributed by atoms with Gasteiger partial charge >= 0.3 is 0 Å². The third-order valence-corrected chi connectivity index (χ3v) is 3.27. The van der Waals surface area contributed by atoms with Crippen molar-refractivity contribution >= 4 is 16.9 Å². The van der Waals surface area contributed by atoms with Gasteiger partial charge in [-0.1, -0.05) is 18.7 Å². The van der Waals surface area contributed by atoms with E-state index < -0.39 is 0 Å². The van der Waals surface area contributed by atoms with Crippen LogP contribution in [0.25, 0.3) is 11.0 Å². The molecule has 2 rings (SSSR count). The first-order valence-electron chi connectivity index (χ1n) is 7.00. The number of benzene rings is 1. The number of nitrogens with zero attached hydrogens (tertiary/aromatic N) is 2. The van der Waals surface area contributed by atoms with Crippen molar-refractivity contribution in [2.45, 2.75) is 19.9 Å². The number of methoxy groups -OCH3 is 1. The Morgan fingerprint density at radius 1 is 1.43 bits per heavy atom. The van der Waals surface area contributed by atoms with Crippen molar-refractivity contribution in [3.05, 3.63) is 42.2 Å². The summed E-state index contributed by atoms with van der Waals surface area (Å²) in [7, 11) is 1.69. The lowest BCUT2D eigenvalue weighted by Gasteiger charge is -2.09. The Kier molecular flexibility index (Phi) is 5.11. The van der Waals surface area contributed by atoms with Crippen LogP contribution in [-0.2, 0) is 22.5 Å². The lowest BCUT2D eigenvalue weighted by molar-refractivity contribution is -0.117. The lowest BCUT2D eigenvalue weighted by atomic mass is 10.3. The molecule has 5 nitrogen and oxygen atoms in total. The topological polar surface area (TPSA) is 56.2 Å². The summed E-state index contributed by atoms with van der Waals surface area (Å²) in [5, 5.41) is 2.84. The normalized spacial score (nSPS) is 10.8. The number of ether oxygens (including phenoxy) is 1. The summed E-state index contributed by atoms with van der Waals surface area (Å²) in [6, 6.07) is 8.02. The van der Waals surface area contributed by atoms with E-state index in [0.29, 0.717) is 25.1 Å². The minimum absolute atomic E-state index is 0.116. The van der Waals surface area contributed by atoms with Crippen molar-refractivity contribution in [2.24, 2.45) is 0 Å². The molecule has 0 saturated heterocycles. The Morgan fingerprint density at radius 3 is 2.90 bits per heavy atom. The van der Waals surface area contributed by atoms with Gasteiger partial charge in [-0.3, -0.25) is 4.79 Å². The zero-order valence-electron chi connectivity index (χ0n) is 12.6. The number of carbonyl (C=O) groups is 1. The van der Waals surface area contributed by atoms with Crippen LogP contribution in [0.2, 0.25) is 0 Å². The highest BCUT2D eigenvalue weighted by atomic mass is 16.5. The molecular weight excluding hydrogens is 266 g/mol. The largest absolute Gasteiger partial charge is 0.383 e. The van der Waals surface area contributed by atoms with E-state index in [1.165, 1.54) is 0 Å².